The number of nitrogens with zero attached hydrogens (tertiary/aromatic N) is 3. The molecular weight excluding hydrogens is 330 g/mol. The van der Waals surface area contributed by atoms with Crippen LogP contribution in [0.3, 0.4) is 0 Å². The zero-order chi connectivity index (χ0) is 18.4. The fourth-order valence-corrected chi connectivity index (χ4v) is 2.56. The van der Waals surface area contributed by atoms with Crippen molar-refractivity contribution in [3.05, 3.63) is 71.2 Å². The van der Waals surface area contributed by atoms with Gasteiger partial charge in [0.1, 0.15) is 12.7 Å². The molecule has 6 heteroatoms. The summed E-state index contributed by atoms with van der Waals surface area (Å²) in [5.74, 6) is -0.396. The van der Waals surface area contributed by atoms with Gasteiger partial charge in [-0.25, -0.2) is 4.79 Å². The third-order valence-electron chi connectivity index (χ3n) is 3.83. The van der Waals surface area contributed by atoms with Crippen molar-refractivity contribution >= 4 is 16.9 Å². The minimum Gasteiger partial charge on any atom is -0.460 e. The van der Waals surface area contributed by atoms with Crippen LogP contribution in [-0.2, 0) is 15.9 Å². The van der Waals surface area contributed by atoms with Crippen molar-refractivity contribution in [3.63, 3.8) is 0 Å². The highest BCUT2D eigenvalue weighted by Gasteiger charge is 2.09. The number of fused-ring (bicyclic) bond motifs is 1. The van der Waals surface area contributed by atoms with E-state index in [1.165, 1.54) is 0 Å². The lowest BCUT2D eigenvalue weighted by Crippen LogP contribution is -2.10. The van der Waals surface area contributed by atoms with Crippen LogP contribution in [0.25, 0.3) is 10.9 Å². The fourth-order valence-electron chi connectivity index (χ4n) is 2.56. The number of ether oxygens (including phenoxy) is 2. The maximum atomic E-state index is 12.0. The number of esters is 1. The number of rotatable bonds is 6. The summed E-state index contributed by atoms with van der Waals surface area (Å²) in [6.45, 7) is 0.575. The molecule has 0 saturated carbocycles. The zero-order valence-corrected chi connectivity index (χ0v) is 14.3. The van der Waals surface area contributed by atoms with Crippen LogP contribution in [0.5, 0.6) is 0 Å². The summed E-state index contributed by atoms with van der Waals surface area (Å²) in [4.78, 5) is 20.6. The van der Waals surface area contributed by atoms with Crippen LogP contribution in [-0.4, -0.2) is 36.3 Å². The molecular formula is C20H17N3O3. The van der Waals surface area contributed by atoms with Gasteiger partial charge in [-0.3, -0.25) is 9.97 Å². The summed E-state index contributed by atoms with van der Waals surface area (Å²) < 4.78 is 9.99. The standard InChI is InChI=1S/C20H17N3O3/c1-25-6-7-26-20(24)16-4-5-22-18(11-16)10-14-2-3-19-17(8-14)9-15(12-21)13-23-19/h2-5,8-9,11,13H,6-7,10H2,1H3. The predicted octanol–water partition coefficient (Wildman–Crippen LogP) is 2.90. The maximum Gasteiger partial charge on any atom is 0.338 e. The van der Waals surface area contributed by atoms with Crippen LogP contribution in [0.2, 0.25) is 0 Å². The van der Waals surface area contributed by atoms with E-state index in [4.69, 9.17) is 14.7 Å². The second kappa shape index (κ2) is 8.19. The summed E-state index contributed by atoms with van der Waals surface area (Å²) in [6, 6.07) is 13.1. The SMILES string of the molecule is COCCOC(=O)c1ccnc(Cc2ccc3ncc(C#N)cc3c2)c1. The van der Waals surface area contributed by atoms with Crippen molar-refractivity contribution in [1.29, 1.82) is 5.26 Å². The third-order valence-corrected chi connectivity index (χ3v) is 3.83. The van der Waals surface area contributed by atoms with E-state index in [0.29, 0.717) is 24.2 Å². The highest BCUT2D eigenvalue weighted by atomic mass is 16.6. The van der Waals surface area contributed by atoms with E-state index in [2.05, 4.69) is 16.0 Å². The van der Waals surface area contributed by atoms with Crippen molar-refractivity contribution in [1.82, 2.24) is 9.97 Å². The molecule has 0 radical (unpaired) electrons. The number of carbonyl (C=O) groups is 1. The second-order valence-electron chi connectivity index (χ2n) is 5.70. The molecule has 0 atom stereocenters. The van der Waals surface area contributed by atoms with E-state index in [0.717, 1.165) is 22.2 Å². The van der Waals surface area contributed by atoms with E-state index >= 15 is 0 Å². The summed E-state index contributed by atoms with van der Waals surface area (Å²) >= 11 is 0. The van der Waals surface area contributed by atoms with Crippen LogP contribution < -0.4 is 0 Å². The lowest BCUT2D eigenvalue weighted by molar-refractivity contribution is 0.0388. The Morgan fingerprint density at radius 3 is 2.85 bits per heavy atom. The highest BCUT2D eigenvalue weighted by molar-refractivity contribution is 5.89. The molecule has 3 aromatic rings. The smallest absolute Gasteiger partial charge is 0.338 e. The average molecular weight is 347 g/mol. The molecule has 130 valence electrons. The van der Waals surface area contributed by atoms with E-state index in [9.17, 15) is 4.79 Å². The number of pyridine rings is 2. The van der Waals surface area contributed by atoms with Crippen molar-refractivity contribution in [2.75, 3.05) is 20.3 Å². The minimum absolute atomic E-state index is 0.214. The number of aromatic nitrogens is 2. The first kappa shape index (κ1) is 17.5. The average Bonchev–Trinajstić information content (AvgIpc) is 2.67. The molecule has 3 rings (SSSR count). The third kappa shape index (κ3) is 4.21. The molecule has 0 N–H and O–H groups in total. The predicted molar refractivity (Wildman–Crippen MR) is 95.7 cm³/mol. The van der Waals surface area contributed by atoms with Crippen LogP contribution in [0.4, 0.5) is 0 Å². The Morgan fingerprint density at radius 2 is 2.04 bits per heavy atom. The van der Waals surface area contributed by atoms with Gasteiger partial charge >= 0.3 is 5.97 Å². The Balaban J connectivity index is 1.78. The number of carbonyl (C=O) groups excluding carboxylic acids is 1. The van der Waals surface area contributed by atoms with E-state index < -0.39 is 5.97 Å². The van der Waals surface area contributed by atoms with Crippen LogP contribution in [0, 0.1) is 11.3 Å². The molecule has 0 bridgehead atoms. The Kier molecular flexibility index (Phi) is 5.52. The van der Waals surface area contributed by atoms with Gasteiger partial charge in [0.15, 0.2) is 0 Å². The quantitative estimate of drug-likeness (QED) is 0.503. The van der Waals surface area contributed by atoms with Crippen LogP contribution >= 0.6 is 0 Å². The lowest BCUT2D eigenvalue weighted by Gasteiger charge is -2.07. The Bertz CT molecular complexity index is 979. The van der Waals surface area contributed by atoms with Gasteiger partial charge in [0.2, 0.25) is 0 Å². The van der Waals surface area contributed by atoms with Crippen LogP contribution in [0.1, 0.15) is 27.2 Å². The molecule has 0 unspecified atom stereocenters. The largest absolute Gasteiger partial charge is 0.460 e. The van der Waals surface area contributed by atoms with Crippen molar-refractivity contribution in [2.45, 2.75) is 6.42 Å². The molecule has 0 spiro atoms. The van der Waals surface area contributed by atoms with Gasteiger partial charge in [-0.05, 0) is 35.9 Å². The molecule has 0 aliphatic heterocycles. The van der Waals surface area contributed by atoms with Gasteiger partial charge in [0.05, 0.1) is 23.3 Å². The van der Waals surface area contributed by atoms with Gasteiger partial charge in [0, 0.05) is 37.0 Å². The lowest BCUT2D eigenvalue weighted by atomic mass is 10.0. The first-order chi connectivity index (χ1) is 12.7. The highest BCUT2D eigenvalue weighted by Crippen LogP contribution is 2.18. The number of hydrogen-bond donors (Lipinski definition) is 0. The number of nitriles is 1. The molecule has 0 aliphatic rings. The number of methoxy groups -OCH3 is 1. The van der Waals surface area contributed by atoms with E-state index in [1.54, 1.807) is 31.6 Å². The molecule has 6 nitrogen and oxygen atoms in total. The normalized spacial score (nSPS) is 10.5. The molecule has 0 saturated heterocycles. The van der Waals surface area contributed by atoms with Crippen LogP contribution in [0.15, 0.2) is 48.8 Å². The number of hydrogen-bond acceptors (Lipinski definition) is 6. The topological polar surface area (TPSA) is 85.1 Å². The van der Waals surface area contributed by atoms with Gasteiger partial charge in [-0.1, -0.05) is 6.07 Å². The van der Waals surface area contributed by atoms with Crippen molar-refractivity contribution in [2.24, 2.45) is 0 Å². The first-order valence-corrected chi connectivity index (χ1v) is 8.09. The van der Waals surface area contributed by atoms with Crippen molar-refractivity contribution in [3.8, 4) is 6.07 Å². The fraction of sp³-hybridized carbons (Fsp3) is 0.200. The Morgan fingerprint density at radius 1 is 1.15 bits per heavy atom. The Labute approximate surface area is 151 Å². The molecule has 0 aliphatic carbocycles. The summed E-state index contributed by atoms with van der Waals surface area (Å²) in [6.07, 6.45) is 3.72. The summed E-state index contributed by atoms with van der Waals surface area (Å²) in [5.41, 5.74) is 3.59. The Hall–Kier alpha value is -3.30. The van der Waals surface area contributed by atoms with Gasteiger partial charge in [0.25, 0.3) is 0 Å². The monoisotopic (exact) mass is 347 g/mol. The van der Waals surface area contributed by atoms with E-state index in [1.807, 2.05) is 24.3 Å². The zero-order valence-electron chi connectivity index (χ0n) is 14.3. The molecule has 26 heavy (non-hydrogen) atoms. The second-order valence-corrected chi connectivity index (χ2v) is 5.70. The summed E-state index contributed by atoms with van der Waals surface area (Å²) in [7, 11) is 1.55. The molecule has 2 heterocycles. The molecule has 2 aromatic heterocycles. The van der Waals surface area contributed by atoms with E-state index in [-0.39, 0.29) is 6.61 Å². The summed E-state index contributed by atoms with van der Waals surface area (Å²) in [5, 5.41) is 9.91. The van der Waals surface area contributed by atoms with Gasteiger partial charge < -0.3 is 9.47 Å². The van der Waals surface area contributed by atoms with Gasteiger partial charge in [-0.2, -0.15) is 5.26 Å². The molecule has 0 amide bonds. The maximum absolute atomic E-state index is 12.0. The molecule has 0 fully saturated rings. The van der Waals surface area contributed by atoms with Crippen molar-refractivity contribution < 1.29 is 14.3 Å². The minimum atomic E-state index is -0.396. The number of benzene rings is 1. The van der Waals surface area contributed by atoms with Gasteiger partial charge in [-0.15, -0.1) is 0 Å². The molecule has 1 aromatic carbocycles. The first-order valence-electron chi connectivity index (χ1n) is 8.09.